The van der Waals surface area contributed by atoms with E-state index in [0.717, 1.165) is 11.3 Å². The third-order valence-corrected chi connectivity index (χ3v) is 25.0. The SMILES string of the molecule is [2H]c1c([2H])c([2H])c(-c2cccc(-c3c([2H])c([2H])c([2H])c([2H])c3[2H])c2N2[CH-]N(c3[c-]c(Oc4[c-]c5[c](cc4)[Ge]([c]4ccccc4)([c]4ccccc4)[c]4cccnc4-5)ccc3)c3ccccc32)c([2H])c1[2H].[B]B([B])B(B([B])[B])B(B(B([B])[B])B([B])[B])B(B([B])[B])B([B])[B].[Pt]. The van der Waals surface area contributed by atoms with Crippen LogP contribution in [-0.4, -0.2) is 175 Å². The first-order chi connectivity index (χ1) is 43.3. The van der Waals surface area contributed by atoms with Crippen LogP contribution < -0.4 is 32.1 Å². The van der Waals surface area contributed by atoms with Crippen molar-refractivity contribution in [2.75, 3.05) is 9.80 Å². The van der Waals surface area contributed by atoms with Gasteiger partial charge < -0.3 is 0 Å². The molecule has 82 heavy (non-hydrogen) atoms. The van der Waals surface area contributed by atoms with E-state index in [9.17, 15) is 0 Å². The number of fused-ring (bicyclic) bond motifs is 4. The Morgan fingerprint density at radius 3 is 1.41 bits per heavy atom. The molecular weight excluding hydrogens is 1210 g/mol. The molecule has 2 aliphatic heterocycles. The average molecular weight is 1260 g/mol. The molecular formula is C54H36B22GeN3OPt-3. The molecule has 0 N–H and O–H groups in total. The first-order valence-corrected chi connectivity index (χ1v) is 30.2. The molecule has 0 saturated carbocycles. The summed E-state index contributed by atoms with van der Waals surface area (Å²) >= 11 is -3.53. The van der Waals surface area contributed by atoms with Gasteiger partial charge in [-0.3, -0.25) is 0 Å². The second kappa shape index (κ2) is 27.3. The van der Waals surface area contributed by atoms with Gasteiger partial charge in [0.15, 0.2) is 0 Å². The van der Waals surface area contributed by atoms with Gasteiger partial charge in [0, 0.05) is 189 Å². The second-order valence-corrected chi connectivity index (χ2v) is 27.6. The van der Waals surface area contributed by atoms with E-state index in [1.807, 2.05) is 71.8 Å². The number of aromatic nitrogens is 1. The summed E-state index contributed by atoms with van der Waals surface area (Å²) < 4.78 is 98.6. The van der Waals surface area contributed by atoms with Crippen LogP contribution >= 0.6 is 0 Å². The zero-order chi connectivity index (χ0) is 65.7. The van der Waals surface area contributed by atoms with E-state index in [-0.39, 0.29) is 49.0 Å². The van der Waals surface area contributed by atoms with Crippen LogP contribution in [0.5, 0.6) is 11.5 Å². The van der Waals surface area contributed by atoms with Crippen LogP contribution in [0, 0.1) is 18.8 Å². The van der Waals surface area contributed by atoms with Crippen LogP contribution in [-0.2, 0) is 21.1 Å². The van der Waals surface area contributed by atoms with Crippen molar-refractivity contribution in [1.29, 1.82) is 0 Å². The second-order valence-electron chi connectivity index (χ2n) is 19.8. The third-order valence-electron chi connectivity index (χ3n) is 14.9. The Kier molecular flexibility index (Phi) is 16.4. The minimum atomic E-state index is -3.53. The normalized spacial score (nSPS) is 13.9. The van der Waals surface area contributed by atoms with Gasteiger partial charge in [-0.05, 0) is 11.1 Å². The minimum Gasteiger partial charge on any atom is -0.0616 e. The zero-order valence-electron chi connectivity index (χ0n) is 54.3. The summed E-state index contributed by atoms with van der Waals surface area (Å²) in [5, 5.41) is 0. The fourth-order valence-corrected chi connectivity index (χ4v) is 22.1. The number of benzene rings is 8. The van der Waals surface area contributed by atoms with Crippen molar-refractivity contribution < 1.29 is 39.5 Å². The fraction of sp³-hybridized carbons (Fsp3) is 0. The van der Waals surface area contributed by atoms with Crippen LogP contribution in [0.4, 0.5) is 22.7 Å². The van der Waals surface area contributed by atoms with Crippen LogP contribution in [0.1, 0.15) is 13.7 Å². The summed E-state index contributed by atoms with van der Waals surface area (Å²) in [6, 6.07) is 49.3. The Balaban J connectivity index is 0.000000373. The van der Waals surface area contributed by atoms with E-state index in [0.29, 0.717) is 28.6 Å². The maximum atomic E-state index is 9.01. The molecule has 11 rings (SSSR count). The molecule has 9 aromatic rings. The number of hydrogen-bond donors (Lipinski definition) is 0. The number of anilines is 4. The molecule has 3 heterocycles. The third kappa shape index (κ3) is 12.4. The van der Waals surface area contributed by atoms with Crippen molar-refractivity contribution >= 4 is 210 Å². The van der Waals surface area contributed by atoms with Gasteiger partial charge >= 0.3 is 242 Å². The fourth-order valence-electron chi connectivity index (χ4n) is 11.5. The summed E-state index contributed by atoms with van der Waals surface area (Å²) in [4.78, 5) is 8.56. The molecule has 4 nitrogen and oxygen atoms in total. The molecule has 2 aliphatic rings. The van der Waals surface area contributed by atoms with E-state index in [1.165, 1.54) is 17.6 Å². The molecule has 0 bridgehead atoms. The molecule has 0 spiro atoms. The number of nitrogens with zero attached hydrogens (tertiary/aromatic N) is 3. The van der Waals surface area contributed by atoms with Gasteiger partial charge in [0.1, 0.15) is 0 Å². The molecule has 24 radical (unpaired) electrons. The Morgan fingerprint density at radius 2 is 0.915 bits per heavy atom. The van der Waals surface area contributed by atoms with E-state index in [2.05, 4.69) is 72.8 Å². The Labute approximate surface area is 536 Å². The van der Waals surface area contributed by atoms with Crippen molar-refractivity contribution in [3.63, 3.8) is 0 Å². The molecule has 28 heteroatoms. The van der Waals surface area contributed by atoms with E-state index < -0.39 is 138 Å². The van der Waals surface area contributed by atoms with Gasteiger partial charge in [-0.2, -0.15) is 0 Å². The number of hydrogen-bond acceptors (Lipinski definition) is 4. The molecule has 356 valence electrons. The maximum absolute atomic E-state index is 9.01. The quantitative estimate of drug-likeness (QED) is 0.104. The van der Waals surface area contributed by atoms with Gasteiger partial charge in [0.05, 0.1) is 13.7 Å². The van der Waals surface area contributed by atoms with E-state index in [4.69, 9.17) is 116 Å². The van der Waals surface area contributed by atoms with Crippen molar-refractivity contribution in [3.8, 4) is 45.0 Å². The Morgan fingerprint density at radius 1 is 0.451 bits per heavy atom. The molecule has 0 unspecified atom stereocenters. The molecule has 0 aliphatic carbocycles. The van der Waals surface area contributed by atoms with E-state index in [1.54, 1.807) is 35.8 Å². The smallest absolute Gasteiger partial charge is 0.0616 e. The predicted molar refractivity (Wildman–Crippen MR) is 370 cm³/mol. The molecule has 0 amide bonds. The van der Waals surface area contributed by atoms with Gasteiger partial charge in [0.25, 0.3) is 0 Å². The van der Waals surface area contributed by atoms with Crippen LogP contribution in [0.25, 0.3) is 33.5 Å². The van der Waals surface area contributed by atoms with Crippen molar-refractivity contribution in [3.05, 3.63) is 231 Å². The van der Waals surface area contributed by atoms with Crippen molar-refractivity contribution in [2.45, 2.75) is 0 Å². The molecule has 8 aromatic carbocycles. The van der Waals surface area contributed by atoms with Gasteiger partial charge in [-0.25, -0.2) is 0 Å². The van der Waals surface area contributed by atoms with Gasteiger partial charge in [0.2, 0.25) is 0 Å². The number of para-hydroxylation sites is 3. The first kappa shape index (κ1) is 49.3. The number of rotatable bonds is 17. The Hall–Kier alpha value is -5.03. The Bertz CT molecular complexity index is 3940. The monoisotopic (exact) mass is 1260 g/mol. The summed E-state index contributed by atoms with van der Waals surface area (Å²) in [5.41, 5.74) is 3.97. The largest absolute Gasteiger partial charge is 0.0629 e. The first-order valence-electron chi connectivity index (χ1n) is 31.1. The molecule has 0 fully saturated rings. The van der Waals surface area contributed by atoms with Crippen LogP contribution in [0.3, 0.4) is 0 Å². The van der Waals surface area contributed by atoms with Crippen LogP contribution in [0.15, 0.2) is 212 Å². The van der Waals surface area contributed by atoms with E-state index >= 15 is 0 Å². The minimum absolute atomic E-state index is 0. The van der Waals surface area contributed by atoms with Gasteiger partial charge in [-0.15, -0.1) is 0 Å². The predicted octanol–water partition coefficient (Wildman–Crippen LogP) is 2.20. The summed E-state index contributed by atoms with van der Waals surface area (Å²) in [5.74, 6) is 0.867. The summed E-state index contributed by atoms with van der Waals surface area (Å²) in [7, 11) is 69.7. The van der Waals surface area contributed by atoms with Crippen molar-refractivity contribution in [1.82, 2.24) is 4.98 Å². The topological polar surface area (TPSA) is 28.6 Å². The van der Waals surface area contributed by atoms with Gasteiger partial charge in [-0.1, -0.05) is 84.7 Å². The molecule has 1 aromatic heterocycles. The molecule has 0 saturated heterocycles. The molecule has 0 atom stereocenters. The average Bonchev–Trinajstić information content (AvgIpc) is 1.52. The summed E-state index contributed by atoms with van der Waals surface area (Å²) in [6.07, 6.45) is -6.52. The number of ether oxygens (including phenoxy) is 1. The van der Waals surface area contributed by atoms with Crippen LogP contribution in [0.2, 0.25) is 0 Å². The maximum Gasteiger partial charge on any atom is 0.0629 e. The van der Waals surface area contributed by atoms with Crippen molar-refractivity contribution in [2.24, 2.45) is 0 Å². The standard InChI is InChI=1S/C54H36GeN3O.B22.Pt/c1-5-18-39(19-6-1)46-28-16-29-47(40-20-7-2-8-21-40)54(46)58-38-57(51-31-13-14-32-52(51)58)43-26-15-27-44(36-43)59-45-33-34-49-48(37-45)53-50(30-17-35-56-53)55(49,41-22-9-3-10-23-41)42-24-11-4-12-25-42;1-13(2)19(14(3)4)22(20(15(5)6)16(7)8)21(17(9)10)18(11)12;/h1-35,38H;;/q-3;;/i1D,2D,5D,6D,7D,8D,18D,19D,20D,21D;;. The zero-order valence-corrected chi connectivity index (χ0v) is 48.6. The summed E-state index contributed by atoms with van der Waals surface area (Å²) in [6.45, 7) is 1.75. The number of pyridine rings is 1.